The maximum atomic E-state index is 12.6. The molecule has 3 rings (SSSR count). The Bertz CT molecular complexity index is 343. The van der Waals surface area contributed by atoms with E-state index in [-0.39, 0.29) is 24.2 Å². The van der Waals surface area contributed by atoms with Crippen molar-refractivity contribution in [3.8, 4) is 0 Å². The fraction of sp³-hybridized carbons (Fsp3) is 0.933. The third-order valence-electron chi connectivity index (χ3n) is 4.74. The summed E-state index contributed by atoms with van der Waals surface area (Å²) in [5, 5.41) is 0. The minimum atomic E-state index is -0.209. The van der Waals surface area contributed by atoms with Crippen LogP contribution in [0.5, 0.6) is 0 Å². The third kappa shape index (κ3) is 2.71. The lowest BCUT2D eigenvalue weighted by molar-refractivity contribution is -0.156. The van der Waals surface area contributed by atoms with E-state index in [0.717, 1.165) is 45.5 Å². The molecular formula is C15H25NO4. The highest BCUT2D eigenvalue weighted by Gasteiger charge is 2.45. The van der Waals surface area contributed by atoms with E-state index in [2.05, 4.69) is 0 Å². The molecule has 4 unspecified atom stereocenters. The first-order chi connectivity index (χ1) is 9.81. The van der Waals surface area contributed by atoms with Crippen molar-refractivity contribution >= 4 is 5.91 Å². The zero-order valence-electron chi connectivity index (χ0n) is 12.3. The van der Waals surface area contributed by atoms with Crippen molar-refractivity contribution in [3.05, 3.63) is 0 Å². The van der Waals surface area contributed by atoms with Gasteiger partial charge in [0.1, 0.15) is 6.10 Å². The van der Waals surface area contributed by atoms with E-state index in [1.807, 2.05) is 11.8 Å². The van der Waals surface area contributed by atoms with Gasteiger partial charge >= 0.3 is 0 Å². The predicted octanol–water partition coefficient (Wildman–Crippen LogP) is 1.21. The Morgan fingerprint density at radius 1 is 1.25 bits per heavy atom. The van der Waals surface area contributed by atoms with Crippen LogP contribution in [-0.4, -0.2) is 62.0 Å². The molecule has 3 aliphatic rings. The number of ether oxygens (including phenoxy) is 3. The monoisotopic (exact) mass is 283 g/mol. The molecule has 2 aliphatic heterocycles. The number of amides is 1. The summed E-state index contributed by atoms with van der Waals surface area (Å²) in [7, 11) is 0. The fourth-order valence-corrected chi connectivity index (χ4v) is 3.74. The summed E-state index contributed by atoms with van der Waals surface area (Å²) >= 11 is 0. The summed E-state index contributed by atoms with van der Waals surface area (Å²) in [4.78, 5) is 14.6. The Balaban J connectivity index is 1.63. The van der Waals surface area contributed by atoms with Crippen LogP contribution in [0.4, 0.5) is 0 Å². The van der Waals surface area contributed by atoms with Crippen molar-refractivity contribution in [1.29, 1.82) is 0 Å². The number of hydrogen-bond donors (Lipinski definition) is 0. The molecule has 1 aliphatic carbocycles. The molecule has 0 N–H and O–H groups in total. The average Bonchev–Trinajstić information content (AvgIpc) is 3.13. The summed E-state index contributed by atoms with van der Waals surface area (Å²) in [5.41, 5.74) is 0. The minimum absolute atomic E-state index is 0.153. The van der Waals surface area contributed by atoms with Crippen LogP contribution in [-0.2, 0) is 19.0 Å². The second-order valence-corrected chi connectivity index (χ2v) is 5.93. The van der Waals surface area contributed by atoms with Gasteiger partial charge in [-0.15, -0.1) is 0 Å². The molecule has 1 saturated carbocycles. The number of carbonyl (C=O) groups excluding carboxylic acids is 1. The summed E-state index contributed by atoms with van der Waals surface area (Å²) in [6.07, 6.45) is 3.93. The maximum Gasteiger partial charge on any atom is 0.252 e. The van der Waals surface area contributed by atoms with Crippen LogP contribution in [0.15, 0.2) is 0 Å². The van der Waals surface area contributed by atoms with Gasteiger partial charge in [0.25, 0.3) is 5.91 Å². The molecule has 5 heteroatoms. The SMILES string of the molecule is CCOCC1CCC2C1OCCN2C(=O)C1CCCO1. The molecule has 2 heterocycles. The molecule has 2 saturated heterocycles. The van der Waals surface area contributed by atoms with Crippen molar-refractivity contribution in [2.75, 3.05) is 33.0 Å². The lowest BCUT2D eigenvalue weighted by atomic mass is 10.0. The predicted molar refractivity (Wildman–Crippen MR) is 73.4 cm³/mol. The minimum Gasteiger partial charge on any atom is -0.381 e. The highest BCUT2D eigenvalue weighted by Crippen LogP contribution is 2.35. The van der Waals surface area contributed by atoms with Gasteiger partial charge in [-0.2, -0.15) is 0 Å². The second-order valence-electron chi connectivity index (χ2n) is 5.93. The van der Waals surface area contributed by atoms with Crippen LogP contribution in [0.2, 0.25) is 0 Å². The molecule has 0 spiro atoms. The number of carbonyl (C=O) groups is 1. The van der Waals surface area contributed by atoms with E-state index in [1.165, 1.54) is 0 Å². The standard InChI is InChI=1S/C15H25NO4/c1-2-18-10-11-5-6-12-14(11)20-9-7-16(12)15(17)13-4-3-8-19-13/h11-14H,2-10H2,1H3. The van der Waals surface area contributed by atoms with E-state index in [1.54, 1.807) is 0 Å². The Kier molecular flexibility index (Phi) is 4.58. The maximum absolute atomic E-state index is 12.6. The molecule has 0 aromatic rings. The van der Waals surface area contributed by atoms with Crippen LogP contribution in [0.3, 0.4) is 0 Å². The first-order valence-corrected chi connectivity index (χ1v) is 7.92. The zero-order chi connectivity index (χ0) is 13.9. The van der Waals surface area contributed by atoms with E-state index >= 15 is 0 Å². The molecule has 0 aromatic carbocycles. The quantitative estimate of drug-likeness (QED) is 0.778. The highest BCUT2D eigenvalue weighted by molar-refractivity contribution is 5.81. The first-order valence-electron chi connectivity index (χ1n) is 7.92. The number of fused-ring (bicyclic) bond motifs is 1. The molecule has 114 valence electrons. The Morgan fingerprint density at radius 2 is 2.15 bits per heavy atom. The van der Waals surface area contributed by atoms with E-state index in [4.69, 9.17) is 14.2 Å². The van der Waals surface area contributed by atoms with Crippen molar-refractivity contribution in [2.45, 2.75) is 50.9 Å². The summed E-state index contributed by atoms with van der Waals surface area (Å²) in [6.45, 7) is 5.58. The molecule has 3 fully saturated rings. The summed E-state index contributed by atoms with van der Waals surface area (Å²) in [5.74, 6) is 0.609. The number of nitrogens with zero attached hydrogens (tertiary/aromatic N) is 1. The smallest absolute Gasteiger partial charge is 0.252 e. The van der Waals surface area contributed by atoms with Crippen molar-refractivity contribution in [2.24, 2.45) is 5.92 Å². The molecule has 5 nitrogen and oxygen atoms in total. The number of rotatable bonds is 4. The lowest BCUT2D eigenvalue weighted by Gasteiger charge is -2.40. The third-order valence-corrected chi connectivity index (χ3v) is 4.74. The van der Waals surface area contributed by atoms with Crippen molar-refractivity contribution < 1.29 is 19.0 Å². The summed E-state index contributed by atoms with van der Waals surface area (Å²) in [6, 6.07) is 0.228. The van der Waals surface area contributed by atoms with Crippen LogP contribution in [0.25, 0.3) is 0 Å². The topological polar surface area (TPSA) is 48.0 Å². The second kappa shape index (κ2) is 6.41. The van der Waals surface area contributed by atoms with Gasteiger partial charge in [0.2, 0.25) is 0 Å². The van der Waals surface area contributed by atoms with Gasteiger partial charge in [-0.25, -0.2) is 0 Å². The van der Waals surface area contributed by atoms with Crippen molar-refractivity contribution in [1.82, 2.24) is 4.90 Å². The molecular weight excluding hydrogens is 258 g/mol. The van der Waals surface area contributed by atoms with Gasteiger partial charge < -0.3 is 19.1 Å². The Hall–Kier alpha value is -0.650. The van der Waals surface area contributed by atoms with Crippen LogP contribution in [0, 0.1) is 5.92 Å². The molecule has 4 atom stereocenters. The van der Waals surface area contributed by atoms with Gasteiger partial charge in [-0.1, -0.05) is 0 Å². The average molecular weight is 283 g/mol. The fourth-order valence-electron chi connectivity index (χ4n) is 3.74. The van der Waals surface area contributed by atoms with E-state index in [0.29, 0.717) is 19.1 Å². The molecule has 0 radical (unpaired) electrons. The molecule has 1 amide bonds. The number of hydrogen-bond acceptors (Lipinski definition) is 4. The van der Waals surface area contributed by atoms with Crippen molar-refractivity contribution in [3.63, 3.8) is 0 Å². The van der Waals surface area contributed by atoms with Crippen LogP contribution >= 0.6 is 0 Å². The Morgan fingerprint density at radius 3 is 2.90 bits per heavy atom. The Labute approximate surface area is 120 Å². The van der Waals surface area contributed by atoms with Gasteiger partial charge in [0.15, 0.2) is 0 Å². The molecule has 0 aromatic heterocycles. The lowest BCUT2D eigenvalue weighted by Crippen LogP contribution is -2.55. The highest BCUT2D eigenvalue weighted by atomic mass is 16.5. The first kappa shape index (κ1) is 14.3. The largest absolute Gasteiger partial charge is 0.381 e. The van der Waals surface area contributed by atoms with Gasteiger partial charge in [0.05, 0.1) is 25.4 Å². The van der Waals surface area contributed by atoms with Gasteiger partial charge in [0, 0.05) is 25.7 Å². The van der Waals surface area contributed by atoms with E-state index < -0.39 is 0 Å². The van der Waals surface area contributed by atoms with Gasteiger partial charge in [-0.3, -0.25) is 4.79 Å². The molecule has 20 heavy (non-hydrogen) atoms. The van der Waals surface area contributed by atoms with Gasteiger partial charge in [-0.05, 0) is 32.6 Å². The van der Waals surface area contributed by atoms with E-state index in [9.17, 15) is 4.79 Å². The zero-order valence-corrected chi connectivity index (χ0v) is 12.3. The van der Waals surface area contributed by atoms with Crippen LogP contribution < -0.4 is 0 Å². The van der Waals surface area contributed by atoms with Crippen LogP contribution in [0.1, 0.15) is 32.6 Å². The normalized spacial score (nSPS) is 37.1. The number of morpholine rings is 1. The molecule has 0 bridgehead atoms. The summed E-state index contributed by atoms with van der Waals surface area (Å²) < 4.78 is 17.0.